The fourth-order valence-electron chi connectivity index (χ4n) is 3.29. The SMILES string of the molecule is CCOC(=O)c1ccc(NC(=O)/C(C#N)=C\c2c(Oc3ccc(Cl)cc3)nc3ccccn3c2=O)cc1. The molecule has 2 aromatic heterocycles. The van der Waals surface area contributed by atoms with Crippen LogP contribution in [-0.2, 0) is 9.53 Å². The van der Waals surface area contributed by atoms with Crippen molar-refractivity contribution in [2.45, 2.75) is 6.92 Å². The standard InChI is InChI=1S/C27H19ClN4O5/c1-2-36-27(35)17-6-10-20(11-7-17)30-24(33)18(16-29)15-22-25(37-21-12-8-19(28)9-13-21)31-23-5-3-4-14-32(23)26(22)34/h3-15H,2H2,1H3,(H,30,33)/b18-15-. The minimum atomic E-state index is -0.763. The molecule has 0 saturated carbocycles. The number of carbonyl (C=O) groups is 2. The molecule has 10 heteroatoms. The number of pyridine rings is 1. The molecule has 0 unspecified atom stereocenters. The molecule has 4 aromatic rings. The number of ether oxygens (including phenoxy) is 2. The lowest BCUT2D eigenvalue weighted by atomic mass is 10.1. The quantitative estimate of drug-likeness (QED) is 0.212. The highest BCUT2D eigenvalue weighted by Crippen LogP contribution is 2.25. The Balaban J connectivity index is 1.69. The third-order valence-corrected chi connectivity index (χ3v) is 5.32. The van der Waals surface area contributed by atoms with Gasteiger partial charge in [-0.05, 0) is 73.7 Å². The van der Waals surface area contributed by atoms with E-state index in [0.717, 1.165) is 6.08 Å². The van der Waals surface area contributed by atoms with Crippen LogP contribution in [0.3, 0.4) is 0 Å². The average molecular weight is 515 g/mol. The van der Waals surface area contributed by atoms with Gasteiger partial charge in [-0.2, -0.15) is 10.2 Å². The van der Waals surface area contributed by atoms with Gasteiger partial charge < -0.3 is 14.8 Å². The summed E-state index contributed by atoms with van der Waals surface area (Å²) in [6.45, 7) is 1.94. The fourth-order valence-corrected chi connectivity index (χ4v) is 3.42. The van der Waals surface area contributed by atoms with Gasteiger partial charge in [-0.1, -0.05) is 17.7 Å². The van der Waals surface area contributed by atoms with E-state index < -0.39 is 17.4 Å². The molecular formula is C27H19ClN4O5. The number of benzene rings is 2. The number of anilines is 1. The van der Waals surface area contributed by atoms with Crippen LogP contribution in [0.4, 0.5) is 5.69 Å². The minimum absolute atomic E-state index is 0.0853. The first-order chi connectivity index (χ1) is 17.9. The number of carbonyl (C=O) groups excluding carboxylic acids is 2. The third-order valence-electron chi connectivity index (χ3n) is 5.07. The molecule has 4 rings (SSSR count). The number of aromatic nitrogens is 2. The van der Waals surface area contributed by atoms with E-state index in [1.54, 1.807) is 49.4 Å². The molecule has 0 aliphatic carbocycles. The number of halogens is 1. The maximum Gasteiger partial charge on any atom is 0.338 e. The van der Waals surface area contributed by atoms with Crippen LogP contribution in [-0.4, -0.2) is 27.9 Å². The van der Waals surface area contributed by atoms with E-state index in [1.165, 1.54) is 34.9 Å². The third kappa shape index (κ3) is 5.83. The van der Waals surface area contributed by atoms with Crippen LogP contribution in [0, 0.1) is 11.3 Å². The molecule has 0 bridgehead atoms. The Morgan fingerprint density at radius 3 is 2.51 bits per heavy atom. The summed E-state index contributed by atoms with van der Waals surface area (Å²) in [5.41, 5.74) is -0.0132. The maximum atomic E-state index is 13.3. The molecule has 1 amide bonds. The van der Waals surface area contributed by atoms with E-state index >= 15 is 0 Å². The molecule has 9 nitrogen and oxygen atoms in total. The Kier molecular flexibility index (Phi) is 7.62. The zero-order chi connectivity index (χ0) is 26.4. The van der Waals surface area contributed by atoms with E-state index in [4.69, 9.17) is 21.1 Å². The fraction of sp³-hybridized carbons (Fsp3) is 0.0741. The highest BCUT2D eigenvalue weighted by atomic mass is 35.5. The van der Waals surface area contributed by atoms with Crippen LogP contribution in [0.5, 0.6) is 11.6 Å². The van der Waals surface area contributed by atoms with E-state index in [0.29, 0.717) is 27.7 Å². The maximum absolute atomic E-state index is 13.3. The van der Waals surface area contributed by atoms with Crippen LogP contribution in [0.25, 0.3) is 11.7 Å². The second-order valence-electron chi connectivity index (χ2n) is 7.54. The van der Waals surface area contributed by atoms with E-state index in [1.807, 2.05) is 6.07 Å². The predicted molar refractivity (Wildman–Crippen MR) is 138 cm³/mol. The van der Waals surface area contributed by atoms with Gasteiger partial charge in [0.25, 0.3) is 11.5 Å². The minimum Gasteiger partial charge on any atom is -0.462 e. The number of nitrogens with one attached hydrogen (secondary N) is 1. The summed E-state index contributed by atoms with van der Waals surface area (Å²) in [5.74, 6) is -0.981. The number of hydrogen-bond acceptors (Lipinski definition) is 7. The zero-order valence-corrected chi connectivity index (χ0v) is 20.2. The van der Waals surface area contributed by atoms with Gasteiger partial charge in [0.05, 0.1) is 12.2 Å². The largest absolute Gasteiger partial charge is 0.462 e. The molecule has 0 spiro atoms. The molecule has 0 aliphatic heterocycles. The topological polar surface area (TPSA) is 123 Å². The molecule has 2 aromatic carbocycles. The molecule has 37 heavy (non-hydrogen) atoms. The second-order valence-corrected chi connectivity index (χ2v) is 7.98. The summed E-state index contributed by atoms with van der Waals surface area (Å²) in [6, 6.07) is 19.2. The number of esters is 1. The van der Waals surface area contributed by atoms with Crippen molar-refractivity contribution >= 4 is 40.9 Å². The Labute approximate surface area is 216 Å². The Morgan fingerprint density at radius 2 is 1.84 bits per heavy atom. The van der Waals surface area contributed by atoms with Gasteiger partial charge in [-0.15, -0.1) is 0 Å². The van der Waals surface area contributed by atoms with Crippen molar-refractivity contribution in [1.82, 2.24) is 9.38 Å². The molecule has 184 valence electrons. The van der Waals surface area contributed by atoms with Crippen LogP contribution in [0.2, 0.25) is 5.02 Å². The molecular weight excluding hydrogens is 496 g/mol. The lowest BCUT2D eigenvalue weighted by Crippen LogP contribution is -2.20. The molecule has 0 atom stereocenters. The summed E-state index contributed by atoms with van der Waals surface area (Å²) in [6.07, 6.45) is 2.65. The average Bonchev–Trinajstić information content (AvgIpc) is 2.90. The van der Waals surface area contributed by atoms with Crippen molar-refractivity contribution in [3.8, 4) is 17.7 Å². The first-order valence-electron chi connectivity index (χ1n) is 11.0. The van der Waals surface area contributed by atoms with Gasteiger partial charge in [0.1, 0.15) is 28.6 Å². The van der Waals surface area contributed by atoms with Crippen molar-refractivity contribution in [1.29, 1.82) is 5.26 Å². The summed E-state index contributed by atoms with van der Waals surface area (Å²) in [5, 5.41) is 12.8. The van der Waals surface area contributed by atoms with Crippen molar-refractivity contribution in [2.24, 2.45) is 0 Å². The highest BCUT2D eigenvalue weighted by Gasteiger charge is 2.18. The van der Waals surface area contributed by atoms with Crippen molar-refractivity contribution < 1.29 is 19.1 Å². The monoisotopic (exact) mass is 514 g/mol. The van der Waals surface area contributed by atoms with Gasteiger partial charge in [-0.3, -0.25) is 14.0 Å². The number of nitrogens with zero attached hydrogens (tertiary/aromatic N) is 3. The van der Waals surface area contributed by atoms with E-state index in [9.17, 15) is 19.6 Å². The lowest BCUT2D eigenvalue weighted by molar-refractivity contribution is -0.112. The summed E-state index contributed by atoms with van der Waals surface area (Å²) >= 11 is 5.94. The zero-order valence-electron chi connectivity index (χ0n) is 19.5. The van der Waals surface area contributed by atoms with Crippen molar-refractivity contribution in [2.75, 3.05) is 11.9 Å². The van der Waals surface area contributed by atoms with Crippen LogP contribution < -0.4 is 15.6 Å². The number of amides is 1. The lowest BCUT2D eigenvalue weighted by Gasteiger charge is -2.10. The van der Waals surface area contributed by atoms with Gasteiger partial charge in [0.15, 0.2) is 0 Å². The van der Waals surface area contributed by atoms with Gasteiger partial charge in [0, 0.05) is 16.9 Å². The smallest absolute Gasteiger partial charge is 0.338 e. The molecule has 0 aliphatic rings. The Morgan fingerprint density at radius 1 is 1.11 bits per heavy atom. The Bertz CT molecular complexity index is 1600. The van der Waals surface area contributed by atoms with E-state index in [2.05, 4.69) is 10.3 Å². The number of fused-ring (bicyclic) bond motifs is 1. The van der Waals surface area contributed by atoms with Crippen LogP contribution in [0.15, 0.2) is 83.3 Å². The van der Waals surface area contributed by atoms with Crippen molar-refractivity contribution in [3.05, 3.63) is 105 Å². The van der Waals surface area contributed by atoms with Gasteiger partial charge >= 0.3 is 5.97 Å². The number of nitriles is 1. The van der Waals surface area contributed by atoms with Gasteiger partial charge in [0.2, 0.25) is 5.88 Å². The second kappa shape index (κ2) is 11.2. The predicted octanol–water partition coefficient (Wildman–Crippen LogP) is 4.86. The van der Waals surface area contributed by atoms with Crippen LogP contribution in [0.1, 0.15) is 22.8 Å². The summed E-state index contributed by atoms with van der Waals surface area (Å²) < 4.78 is 12.1. The molecule has 0 radical (unpaired) electrons. The van der Waals surface area contributed by atoms with E-state index in [-0.39, 0.29) is 23.6 Å². The number of hydrogen-bond donors (Lipinski definition) is 1. The molecule has 1 N–H and O–H groups in total. The number of rotatable bonds is 7. The molecule has 0 saturated heterocycles. The first kappa shape index (κ1) is 25.2. The van der Waals surface area contributed by atoms with Crippen molar-refractivity contribution in [3.63, 3.8) is 0 Å². The molecule has 0 fully saturated rings. The molecule has 2 heterocycles. The van der Waals surface area contributed by atoms with Gasteiger partial charge in [-0.25, -0.2) is 4.79 Å². The normalized spacial score (nSPS) is 11.0. The first-order valence-corrected chi connectivity index (χ1v) is 11.4. The summed E-state index contributed by atoms with van der Waals surface area (Å²) in [7, 11) is 0. The Hall–Kier alpha value is -4.94. The van der Waals surface area contributed by atoms with Crippen LogP contribution >= 0.6 is 11.6 Å². The summed E-state index contributed by atoms with van der Waals surface area (Å²) in [4.78, 5) is 42.4. The highest BCUT2D eigenvalue weighted by molar-refractivity contribution is 6.30.